The van der Waals surface area contributed by atoms with Crippen LogP contribution in [-0.2, 0) is 28.5 Å². The van der Waals surface area contributed by atoms with E-state index in [-0.39, 0.29) is 19.3 Å². The van der Waals surface area contributed by atoms with E-state index in [1.807, 2.05) is 0 Å². The minimum atomic E-state index is -1.15. The standard InChI is InChI=1S/C20H25NO10/c1-10(22)21-16-18(25-8-15(23)24)17-14(7-28-20(2,3)31-17)30-19(16)29-11-4-5-12-13(6-11)27-9-26-12/h4-6,14,16-19H,7-9H2,1-3H3,(H,21,22)(H,23,24). The van der Waals surface area contributed by atoms with Crippen molar-refractivity contribution in [3.8, 4) is 17.2 Å². The van der Waals surface area contributed by atoms with E-state index >= 15 is 0 Å². The molecule has 11 nitrogen and oxygen atoms in total. The Balaban J connectivity index is 1.61. The zero-order valence-electron chi connectivity index (χ0n) is 17.4. The van der Waals surface area contributed by atoms with Gasteiger partial charge in [0.15, 0.2) is 17.3 Å². The molecule has 0 spiro atoms. The number of aliphatic carboxylic acids is 1. The second-order valence-corrected chi connectivity index (χ2v) is 7.86. The Morgan fingerprint density at radius 1 is 1.26 bits per heavy atom. The molecule has 5 unspecified atom stereocenters. The van der Waals surface area contributed by atoms with Crippen LogP contribution in [0.2, 0.25) is 0 Å². The van der Waals surface area contributed by atoms with Crippen LogP contribution in [0.3, 0.4) is 0 Å². The third-order valence-corrected chi connectivity index (χ3v) is 5.03. The van der Waals surface area contributed by atoms with Gasteiger partial charge in [0.05, 0.1) is 6.61 Å². The van der Waals surface area contributed by atoms with Gasteiger partial charge in [-0.3, -0.25) is 4.79 Å². The largest absolute Gasteiger partial charge is 0.480 e. The Morgan fingerprint density at radius 2 is 2.03 bits per heavy atom. The molecular weight excluding hydrogens is 414 g/mol. The molecule has 1 aromatic carbocycles. The molecule has 11 heteroatoms. The summed E-state index contributed by atoms with van der Waals surface area (Å²) in [6, 6.07) is 4.17. The molecule has 3 aliphatic rings. The van der Waals surface area contributed by atoms with Crippen molar-refractivity contribution in [3.05, 3.63) is 18.2 Å². The van der Waals surface area contributed by atoms with Gasteiger partial charge < -0.3 is 43.6 Å². The SMILES string of the molecule is CC(=O)NC1C(Oc2ccc3c(c2)OCO3)OC2COC(C)(C)OC2C1OCC(=O)O. The van der Waals surface area contributed by atoms with Gasteiger partial charge in [-0.15, -0.1) is 0 Å². The molecule has 2 fully saturated rings. The molecule has 0 radical (unpaired) electrons. The molecule has 4 rings (SSSR count). The molecule has 0 saturated carbocycles. The van der Waals surface area contributed by atoms with E-state index in [1.54, 1.807) is 32.0 Å². The zero-order chi connectivity index (χ0) is 22.2. The van der Waals surface area contributed by atoms with Crippen LogP contribution >= 0.6 is 0 Å². The second-order valence-electron chi connectivity index (χ2n) is 7.86. The number of carboxylic acid groups (broad SMARTS) is 1. The number of hydrogen-bond donors (Lipinski definition) is 2. The number of rotatable bonds is 6. The fourth-order valence-corrected chi connectivity index (χ4v) is 3.76. The van der Waals surface area contributed by atoms with Gasteiger partial charge in [-0.1, -0.05) is 0 Å². The Kier molecular flexibility index (Phi) is 5.93. The van der Waals surface area contributed by atoms with Crippen LogP contribution < -0.4 is 19.5 Å². The third kappa shape index (κ3) is 4.85. The Bertz CT molecular complexity index is 843. The summed E-state index contributed by atoms with van der Waals surface area (Å²) in [6.07, 6.45) is -3.15. The summed E-state index contributed by atoms with van der Waals surface area (Å²) in [5.74, 6) is -0.911. The molecular formula is C20H25NO10. The maximum atomic E-state index is 11.9. The van der Waals surface area contributed by atoms with Crippen molar-refractivity contribution in [2.24, 2.45) is 0 Å². The maximum Gasteiger partial charge on any atom is 0.329 e. The summed E-state index contributed by atoms with van der Waals surface area (Å²) in [5, 5.41) is 11.9. The van der Waals surface area contributed by atoms with Gasteiger partial charge in [-0.25, -0.2) is 4.79 Å². The summed E-state index contributed by atoms with van der Waals surface area (Å²) in [7, 11) is 0. The summed E-state index contributed by atoms with van der Waals surface area (Å²) in [6.45, 7) is 4.53. The van der Waals surface area contributed by atoms with Crippen LogP contribution in [0.4, 0.5) is 0 Å². The fourth-order valence-electron chi connectivity index (χ4n) is 3.76. The predicted molar refractivity (Wildman–Crippen MR) is 102 cm³/mol. The van der Waals surface area contributed by atoms with Crippen LogP contribution in [-0.4, -0.2) is 73.4 Å². The molecule has 3 aliphatic heterocycles. The monoisotopic (exact) mass is 439 g/mol. The topological polar surface area (TPSA) is 131 Å². The van der Waals surface area contributed by atoms with Crippen molar-refractivity contribution in [1.82, 2.24) is 5.32 Å². The van der Waals surface area contributed by atoms with Crippen molar-refractivity contribution in [1.29, 1.82) is 0 Å². The molecule has 2 N–H and O–H groups in total. The highest BCUT2D eigenvalue weighted by Crippen LogP contribution is 2.38. The highest BCUT2D eigenvalue weighted by atomic mass is 16.8. The molecule has 170 valence electrons. The van der Waals surface area contributed by atoms with Gasteiger partial charge in [0, 0.05) is 13.0 Å². The first-order valence-electron chi connectivity index (χ1n) is 9.86. The molecule has 0 aromatic heterocycles. The van der Waals surface area contributed by atoms with Gasteiger partial charge in [-0.05, 0) is 26.0 Å². The van der Waals surface area contributed by atoms with Crippen molar-refractivity contribution in [2.75, 3.05) is 20.0 Å². The average Bonchev–Trinajstić information content (AvgIpc) is 3.15. The van der Waals surface area contributed by atoms with Crippen molar-refractivity contribution in [2.45, 2.75) is 57.2 Å². The molecule has 2 saturated heterocycles. The van der Waals surface area contributed by atoms with Gasteiger partial charge in [0.25, 0.3) is 0 Å². The van der Waals surface area contributed by atoms with E-state index in [2.05, 4.69) is 5.32 Å². The average molecular weight is 439 g/mol. The lowest BCUT2D eigenvalue weighted by Gasteiger charge is -2.50. The first kappa shape index (κ1) is 21.6. The van der Waals surface area contributed by atoms with Gasteiger partial charge >= 0.3 is 5.97 Å². The van der Waals surface area contributed by atoms with Crippen LogP contribution in [0.5, 0.6) is 17.2 Å². The highest BCUT2D eigenvalue weighted by Gasteiger charge is 2.53. The molecule has 0 bridgehead atoms. The van der Waals surface area contributed by atoms with Crippen LogP contribution in [0, 0.1) is 0 Å². The molecule has 5 atom stereocenters. The smallest absolute Gasteiger partial charge is 0.329 e. The first-order chi connectivity index (χ1) is 14.7. The lowest BCUT2D eigenvalue weighted by molar-refractivity contribution is -0.364. The Morgan fingerprint density at radius 3 is 2.77 bits per heavy atom. The number of ether oxygens (including phenoxy) is 7. The van der Waals surface area contributed by atoms with Gasteiger partial charge in [-0.2, -0.15) is 0 Å². The third-order valence-electron chi connectivity index (χ3n) is 5.03. The summed E-state index contributed by atoms with van der Waals surface area (Å²) in [5.41, 5.74) is 0. The summed E-state index contributed by atoms with van der Waals surface area (Å²) in [4.78, 5) is 23.1. The minimum absolute atomic E-state index is 0.118. The van der Waals surface area contributed by atoms with Crippen LogP contribution in [0.15, 0.2) is 18.2 Å². The number of fused-ring (bicyclic) bond motifs is 2. The number of nitrogens with one attached hydrogen (secondary N) is 1. The molecule has 0 aliphatic carbocycles. The summed E-state index contributed by atoms with van der Waals surface area (Å²) >= 11 is 0. The number of amides is 1. The van der Waals surface area contributed by atoms with E-state index in [0.717, 1.165) is 0 Å². The number of benzene rings is 1. The number of carbonyl (C=O) groups is 2. The lowest BCUT2D eigenvalue weighted by atomic mass is 9.95. The Hall–Kier alpha value is -2.60. The maximum absolute atomic E-state index is 11.9. The first-order valence-corrected chi connectivity index (χ1v) is 9.86. The quantitative estimate of drug-likeness (QED) is 0.651. The fraction of sp³-hybridized carbons (Fsp3) is 0.600. The van der Waals surface area contributed by atoms with Crippen molar-refractivity contribution < 1.29 is 47.9 Å². The predicted octanol–water partition coefficient (Wildman–Crippen LogP) is 0.645. The number of carboxylic acids is 1. The molecule has 1 aromatic rings. The van der Waals surface area contributed by atoms with Gasteiger partial charge in [0.1, 0.15) is 36.7 Å². The molecule has 31 heavy (non-hydrogen) atoms. The normalized spacial score (nSPS) is 30.9. The summed E-state index contributed by atoms with van der Waals surface area (Å²) < 4.78 is 40.1. The van der Waals surface area contributed by atoms with E-state index in [0.29, 0.717) is 17.2 Å². The number of hydrogen-bond acceptors (Lipinski definition) is 9. The van der Waals surface area contributed by atoms with Crippen LogP contribution in [0.1, 0.15) is 20.8 Å². The van der Waals surface area contributed by atoms with Crippen molar-refractivity contribution >= 4 is 11.9 Å². The van der Waals surface area contributed by atoms with Gasteiger partial charge in [0.2, 0.25) is 19.0 Å². The van der Waals surface area contributed by atoms with E-state index in [4.69, 9.17) is 38.3 Å². The Labute approximate surface area is 178 Å². The van der Waals surface area contributed by atoms with Crippen LogP contribution in [0.25, 0.3) is 0 Å². The minimum Gasteiger partial charge on any atom is -0.480 e. The van der Waals surface area contributed by atoms with E-state index in [9.17, 15) is 9.59 Å². The van der Waals surface area contributed by atoms with Crippen molar-refractivity contribution in [3.63, 3.8) is 0 Å². The molecule has 3 heterocycles. The van der Waals surface area contributed by atoms with E-state index < -0.39 is 49.0 Å². The number of carbonyl (C=O) groups excluding carboxylic acids is 1. The zero-order valence-corrected chi connectivity index (χ0v) is 17.4. The second kappa shape index (κ2) is 8.50. The lowest BCUT2D eigenvalue weighted by Crippen LogP contribution is -2.69. The molecule has 1 amide bonds. The highest BCUT2D eigenvalue weighted by molar-refractivity contribution is 5.73. The van der Waals surface area contributed by atoms with E-state index in [1.165, 1.54) is 6.92 Å².